The predicted molar refractivity (Wildman–Crippen MR) is 160 cm³/mol. The van der Waals surface area contributed by atoms with E-state index < -0.39 is 152 Å². The predicted octanol–water partition coefficient (Wildman–Crippen LogP) is 13.6. The summed E-state index contributed by atoms with van der Waals surface area (Å²) in [4.78, 5) is 0. The maximum atomic E-state index is 15.0. The first-order valence-corrected chi connectivity index (χ1v) is 15.9. The van der Waals surface area contributed by atoms with Crippen molar-refractivity contribution in [3.8, 4) is 18.2 Å². The van der Waals surface area contributed by atoms with Crippen molar-refractivity contribution in [3.63, 3.8) is 0 Å². The van der Waals surface area contributed by atoms with Gasteiger partial charge in [-0.25, -0.2) is 26.3 Å². The third-order valence-electron chi connectivity index (χ3n) is 8.44. The largest absolute Gasteiger partial charge is 0.422 e. The first kappa shape index (κ1) is 43.5. The first-order valence-electron chi connectivity index (χ1n) is 13.6. The van der Waals surface area contributed by atoms with Crippen molar-refractivity contribution in [2.24, 2.45) is 17.8 Å². The molecule has 54 heavy (non-hydrogen) atoms. The van der Waals surface area contributed by atoms with Crippen LogP contribution in [0.15, 0.2) is 0 Å². The van der Waals surface area contributed by atoms with Gasteiger partial charge in [0.25, 0.3) is 0 Å². The van der Waals surface area contributed by atoms with Crippen molar-refractivity contribution >= 4 is 69.6 Å². The van der Waals surface area contributed by atoms with E-state index in [4.69, 9.17) is 69.6 Å². The summed E-state index contributed by atoms with van der Waals surface area (Å²) in [5, 5.41) is 20.3. The third-order valence-corrected chi connectivity index (χ3v) is 10.7. The van der Waals surface area contributed by atoms with E-state index in [2.05, 4.69) is 0 Å². The summed E-state index contributed by atoms with van der Waals surface area (Å²) in [7, 11) is 0. The van der Waals surface area contributed by atoms with Crippen LogP contribution in [0.1, 0.15) is 51.1 Å². The van der Waals surface area contributed by atoms with E-state index >= 15 is 26.3 Å². The molecule has 3 atom stereocenters. The van der Waals surface area contributed by atoms with Crippen LogP contribution in [0.2, 0.25) is 30.1 Å². The molecule has 3 aromatic carbocycles. The Balaban J connectivity index is 2.11. The molecule has 1 saturated carbocycles. The molecule has 0 amide bonds. The van der Waals surface area contributed by atoms with Crippen LogP contribution in [0.5, 0.6) is 0 Å². The molecule has 288 valence electrons. The molecule has 0 N–H and O–H groups in total. The van der Waals surface area contributed by atoms with E-state index in [0.717, 1.165) is 0 Å². The number of nitrogens with zero attached hydrogens (tertiary/aromatic N) is 3. The van der Waals surface area contributed by atoms with Crippen LogP contribution in [0.25, 0.3) is 0 Å². The van der Waals surface area contributed by atoms with Gasteiger partial charge in [0.1, 0.15) is 16.7 Å². The van der Waals surface area contributed by atoms with Crippen molar-refractivity contribution in [2.75, 3.05) is 0 Å². The molecule has 0 aliphatic heterocycles. The van der Waals surface area contributed by atoms with Gasteiger partial charge in [0.2, 0.25) is 0 Å². The van der Waals surface area contributed by atoms with E-state index in [1.54, 1.807) is 0 Å². The lowest BCUT2D eigenvalue weighted by Gasteiger charge is -2.20. The summed E-state index contributed by atoms with van der Waals surface area (Å²) in [6, 6.07) is 3.99. The Morgan fingerprint density at radius 2 is 0.519 bits per heavy atom. The van der Waals surface area contributed by atoms with Crippen LogP contribution < -0.4 is 0 Å². The van der Waals surface area contributed by atoms with E-state index in [1.165, 1.54) is 18.2 Å². The molecule has 24 heteroatoms. The molecular formula is C30H6Cl6F15N3. The Hall–Kier alpha value is -3.18. The monoisotopic (exact) mass is 903 g/mol. The molecule has 3 unspecified atom stereocenters. The van der Waals surface area contributed by atoms with E-state index in [-0.39, 0.29) is 0 Å². The van der Waals surface area contributed by atoms with E-state index in [9.17, 15) is 55.3 Å². The highest BCUT2D eigenvalue weighted by atomic mass is 35.5. The zero-order chi connectivity index (χ0) is 41.5. The number of alkyl halides is 9. The van der Waals surface area contributed by atoms with Crippen molar-refractivity contribution in [1.29, 1.82) is 15.8 Å². The minimum Gasteiger partial charge on any atom is -0.205 e. The Morgan fingerprint density at radius 3 is 0.630 bits per heavy atom. The van der Waals surface area contributed by atoms with Gasteiger partial charge in [-0.05, 0) is 17.8 Å². The highest BCUT2D eigenvalue weighted by molar-refractivity contribution is 6.38. The van der Waals surface area contributed by atoms with E-state index in [0.29, 0.717) is 0 Å². The topological polar surface area (TPSA) is 71.4 Å². The average Bonchev–Trinajstić information content (AvgIpc) is 3.76. The highest BCUT2D eigenvalue weighted by Crippen LogP contribution is 2.68. The second kappa shape index (κ2) is 14.7. The first-order chi connectivity index (χ1) is 24.6. The summed E-state index contributed by atoms with van der Waals surface area (Å²) in [5.74, 6) is -29.2. The van der Waals surface area contributed by atoms with Gasteiger partial charge in [0, 0.05) is 16.7 Å². The van der Waals surface area contributed by atoms with Gasteiger partial charge in [0.15, 0.2) is 34.9 Å². The molecule has 0 saturated heterocycles. The normalized spacial score (nSPS) is 19.1. The maximum absolute atomic E-state index is 15.0. The Kier molecular flexibility index (Phi) is 11.9. The minimum atomic E-state index is -5.82. The van der Waals surface area contributed by atoms with Crippen molar-refractivity contribution < 1.29 is 65.9 Å². The molecule has 3 aromatic rings. The summed E-state index contributed by atoms with van der Waals surface area (Å²) >= 11 is 34.7. The standard InChI is InChI=1S/C30H6Cl6F15N3/c31-16-10(17(32)23(38)13(22(16)37)28(43,44)45)4(1-52)7-8(5(2-53)11-18(33)24(39)14(29(46,47)48)25(40)19(11)34)9(7)6(3-54)12-20(35)26(41)15(30(49,50)51)27(42)21(12)36/h4-9H. The minimum absolute atomic E-state index is 1.33. The molecule has 1 aliphatic carbocycles. The van der Waals surface area contributed by atoms with Crippen LogP contribution in [-0.4, -0.2) is 0 Å². The third kappa shape index (κ3) is 6.94. The molecule has 0 aromatic heterocycles. The fourth-order valence-electron chi connectivity index (χ4n) is 6.26. The lowest BCUT2D eigenvalue weighted by Crippen LogP contribution is -2.17. The summed E-state index contributed by atoms with van der Waals surface area (Å²) < 4.78 is 212. The Labute approximate surface area is 320 Å². The van der Waals surface area contributed by atoms with E-state index in [1.807, 2.05) is 0 Å². The maximum Gasteiger partial charge on any atom is 0.422 e. The van der Waals surface area contributed by atoms with Gasteiger partial charge in [0.05, 0.1) is 66.1 Å². The molecule has 4 rings (SSSR count). The molecule has 0 heterocycles. The van der Waals surface area contributed by atoms with Crippen LogP contribution in [0.3, 0.4) is 0 Å². The number of nitriles is 3. The molecule has 1 aliphatic rings. The molecule has 0 radical (unpaired) electrons. The summed E-state index contributed by atoms with van der Waals surface area (Å²) in [6.07, 6.45) is -17.5. The molecule has 1 fully saturated rings. The quantitative estimate of drug-likeness (QED) is 0.183. The van der Waals surface area contributed by atoms with Crippen LogP contribution >= 0.6 is 69.6 Å². The summed E-state index contributed by atoms with van der Waals surface area (Å²) in [5.41, 5.74) is -12.1. The summed E-state index contributed by atoms with van der Waals surface area (Å²) in [6.45, 7) is 0. The van der Waals surface area contributed by atoms with Gasteiger partial charge in [-0.2, -0.15) is 55.3 Å². The average molecular weight is 906 g/mol. The van der Waals surface area contributed by atoms with Gasteiger partial charge in [-0.3, -0.25) is 0 Å². The van der Waals surface area contributed by atoms with Gasteiger partial charge >= 0.3 is 18.5 Å². The fourth-order valence-corrected chi connectivity index (χ4v) is 8.24. The van der Waals surface area contributed by atoms with Gasteiger partial charge in [-0.15, -0.1) is 0 Å². The Bertz CT molecular complexity index is 1880. The SMILES string of the molecule is N#CC(c1c(Cl)c(F)c(C(F)(F)F)c(F)c1Cl)C1C(C(C#N)c2c(Cl)c(F)c(C(F)(F)F)c(F)c2Cl)C1C(C#N)c1c(Cl)c(F)c(C(F)(F)F)c(F)c1Cl. The zero-order valence-electron chi connectivity index (χ0n) is 24.7. The number of hydrogen-bond donors (Lipinski definition) is 0. The van der Waals surface area contributed by atoms with Crippen LogP contribution in [0, 0.1) is 86.7 Å². The lowest BCUT2D eigenvalue weighted by atomic mass is 9.87. The van der Waals surface area contributed by atoms with Crippen molar-refractivity contribution in [1.82, 2.24) is 0 Å². The number of hydrogen-bond acceptors (Lipinski definition) is 3. The highest BCUT2D eigenvalue weighted by Gasteiger charge is 2.64. The van der Waals surface area contributed by atoms with Gasteiger partial charge in [-0.1, -0.05) is 69.6 Å². The number of rotatable bonds is 6. The van der Waals surface area contributed by atoms with Crippen molar-refractivity contribution in [2.45, 2.75) is 36.3 Å². The smallest absolute Gasteiger partial charge is 0.205 e. The second-order valence-corrected chi connectivity index (χ2v) is 13.4. The molecular weight excluding hydrogens is 900 g/mol. The van der Waals surface area contributed by atoms with Crippen molar-refractivity contribution in [3.05, 3.63) is 98.4 Å². The van der Waals surface area contributed by atoms with Gasteiger partial charge < -0.3 is 0 Å². The fraction of sp³-hybridized carbons (Fsp3) is 0.300. The molecule has 0 bridgehead atoms. The number of benzene rings is 3. The Morgan fingerprint density at radius 1 is 0.370 bits per heavy atom. The lowest BCUT2D eigenvalue weighted by molar-refractivity contribution is -0.143. The second-order valence-electron chi connectivity index (χ2n) is 11.2. The molecule has 0 spiro atoms. The van der Waals surface area contributed by atoms with Crippen LogP contribution in [0.4, 0.5) is 65.9 Å². The number of halogens is 21. The zero-order valence-corrected chi connectivity index (χ0v) is 29.3. The molecule has 3 nitrogen and oxygen atoms in total. The van der Waals surface area contributed by atoms with Crippen LogP contribution in [-0.2, 0) is 18.5 Å².